The number of benzene rings is 3. The van der Waals surface area contributed by atoms with E-state index >= 15 is 0 Å². The van der Waals surface area contributed by atoms with Gasteiger partial charge in [0.15, 0.2) is 0 Å². The van der Waals surface area contributed by atoms with Crippen LogP contribution in [0.2, 0.25) is 0 Å². The maximum absolute atomic E-state index is 2.46. The molecular weight excluding hydrogens is 348 g/mol. The topological polar surface area (TPSA) is 0 Å². The summed E-state index contributed by atoms with van der Waals surface area (Å²) in [6.45, 7) is 13.4. The number of hydrogen-bond acceptors (Lipinski definition) is 0. The van der Waals surface area contributed by atoms with Gasteiger partial charge in [-0.2, -0.15) is 0 Å². The van der Waals surface area contributed by atoms with Gasteiger partial charge < -0.3 is 0 Å². The fourth-order valence-electron chi connectivity index (χ4n) is 5.06. The molecule has 146 valence electrons. The maximum atomic E-state index is 2.46. The molecule has 0 spiro atoms. The molecule has 1 aliphatic carbocycles. The van der Waals surface area contributed by atoms with Gasteiger partial charge in [-0.1, -0.05) is 54.6 Å². The summed E-state index contributed by atoms with van der Waals surface area (Å²) in [5.41, 5.74) is 16.7. The molecule has 0 heterocycles. The summed E-state index contributed by atoms with van der Waals surface area (Å²) in [5.74, 6) is 0. The second kappa shape index (κ2) is 7.52. The van der Waals surface area contributed by atoms with Crippen molar-refractivity contribution in [3.05, 3.63) is 111 Å². The molecule has 0 aliphatic heterocycles. The molecule has 4 rings (SSSR count). The average Bonchev–Trinajstić information content (AvgIpc) is 3.05. The fraction of sp³-hybridized carbons (Fsp3) is 0.241. The van der Waals surface area contributed by atoms with Crippen LogP contribution in [0.1, 0.15) is 56.5 Å². The highest BCUT2D eigenvalue weighted by Gasteiger charge is 2.25. The Morgan fingerprint density at radius 3 is 1.31 bits per heavy atom. The summed E-state index contributed by atoms with van der Waals surface area (Å²) in [7, 11) is 0. The van der Waals surface area contributed by atoms with Crippen molar-refractivity contribution in [2.24, 2.45) is 0 Å². The van der Waals surface area contributed by atoms with Crippen molar-refractivity contribution in [3.8, 4) is 0 Å². The molecule has 3 aromatic rings. The minimum atomic E-state index is 0.987. The Morgan fingerprint density at radius 2 is 0.862 bits per heavy atom. The van der Waals surface area contributed by atoms with Crippen molar-refractivity contribution in [3.63, 3.8) is 0 Å². The molecule has 0 saturated heterocycles. The lowest BCUT2D eigenvalue weighted by Gasteiger charge is -2.17. The van der Waals surface area contributed by atoms with Gasteiger partial charge in [0.25, 0.3) is 0 Å². The van der Waals surface area contributed by atoms with Crippen molar-refractivity contribution in [2.75, 3.05) is 0 Å². The monoisotopic (exact) mass is 378 g/mol. The third-order valence-corrected chi connectivity index (χ3v) is 6.35. The predicted molar refractivity (Wildman–Crippen MR) is 127 cm³/mol. The van der Waals surface area contributed by atoms with Crippen LogP contribution >= 0.6 is 0 Å². The van der Waals surface area contributed by atoms with E-state index in [1.807, 2.05) is 0 Å². The zero-order chi connectivity index (χ0) is 20.7. The van der Waals surface area contributed by atoms with Gasteiger partial charge in [0.1, 0.15) is 0 Å². The minimum Gasteiger partial charge on any atom is -0.0617 e. The van der Waals surface area contributed by atoms with Gasteiger partial charge in [0.05, 0.1) is 0 Å². The third kappa shape index (κ3) is 3.38. The molecule has 0 N–H and O–H groups in total. The molecule has 0 amide bonds. The Labute approximate surface area is 175 Å². The second-order valence-electron chi connectivity index (χ2n) is 8.54. The molecule has 0 nitrogen and oxygen atoms in total. The first-order valence-corrected chi connectivity index (χ1v) is 10.5. The van der Waals surface area contributed by atoms with E-state index in [1.165, 1.54) is 66.8 Å². The van der Waals surface area contributed by atoms with Crippen LogP contribution in [-0.4, -0.2) is 0 Å². The number of rotatable bonds is 3. The third-order valence-electron chi connectivity index (χ3n) is 6.35. The van der Waals surface area contributed by atoms with Gasteiger partial charge in [-0.05, 0) is 121 Å². The number of allylic oxidation sites excluding steroid dienone is 4. The lowest BCUT2D eigenvalue weighted by Crippen LogP contribution is -1.97. The van der Waals surface area contributed by atoms with E-state index in [9.17, 15) is 0 Å². The van der Waals surface area contributed by atoms with Gasteiger partial charge in [0, 0.05) is 0 Å². The summed E-state index contributed by atoms with van der Waals surface area (Å²) in [4.78, 5) is 0. The van der Waals surface area contributed by atoms with E-state index in [2.05, 4.69) is 102 Å². The Balaban J connectivity index is 1.99. The largest absolute Gasteiger partial charge is 0.0617 e. The molecular formula is C29H30. The first-order chi connectivity index (χ1) is 13.9. The molecule has 1 aliphatic rings. The molecule has 0 heteroatoms. The number of aryl methyl sites for hydroxylation is 6. The summed E-state index contributed by atoms with van der Waals surface area (Å²) in [6.07, 6.45) is 3.45. The zero-order valence-corrected chi connectivity index (χ0v) is 18.5. The van der Waals surface area contributed by atoms with Gasteiger partial charge in [0.2, 0.25) is 0 Å². The lowest BCUT2D eigenvalue weighted by molar-refractivity contribution is 1.27. The van der Waals surface area contributed by atoms with Crippen LogP contribution in [-0.2, 0) is 0 Å². The van der Waals surface area contributed by atoms with Crippen LogP contribution in [0.4, 0.5) is 0 Å². The molecule has 29 heavy (non-hydrogen) atoms. The normalized spacial score (nSPS) is 13.8. The van der Waals surface area contributed by atoms with Crippen molar-refractivity contribution in [2.45, 2.75) is 48.0 Å². The first-order valence-electron chi connectivity index (χ1n) is 10.5. The molecule has 0 bridgehead atoms. The standard InChI is InChI=1S/C29H30/c1-18-10-7-11-19(2)27(18)24-16-25(28-20(3)12-8-13-21(28)4)26(17-24)29-22(5)14-9-15-23(29)6/h7-16H,17H2,1-6H3. The predicted octanol–water partition coefficient (Wildman–Crippen LogP) is 7.94. The van der Waals surface area contributed by atoms with Gasteiger partial charge in [-0.15, -0.1) is 0 Å². The van der Waals surface area contributed by atoms with E-state index in [1.54, 1.807) is 0 Å². The van der Waals surface area contributed by atoms with E-state index in [4.69, 9.17) is 0 Å². The molecule has 0 saturated carbocycles. The van der Waals surface area contributed by atoms with E-state index < -0.39 is 0 Å². The fourth-order valence-corrected chi connectivity index (χ4v) is 5.06. The Kier molecular flexibility index (Phi) is 5.04. The zero-order valence-electron chi connectivity index (χ0n) is 18.5. The van der Waals surface area contributed by atoms with Crippen molar-refractivity contribution in [1.29, 1.82) is 0 Å². The summed E-state index contributed by atoms with van der Waals surface area (Å²) >= 11 is 0. The minimum absolute atomic E-state index is 0.987. The van der Waals surface area contributed by atoms with E-state index in [0.29, 0.717) is 0 Å². The van der Waals surface area contributed by atoms with Crippen LogP contribution in [0.5, 0.6) is 0 Å². The maximum Gasteiger partial charge on any atom is -0.000710 e. The summed E-state index contributed by atoms with van der Waals surface area (Å²) in [5, 5.41) is 0. The number of hydrogen-bond donors (Lipinski definition) is 0. The van der Waals surface area contributed by atoms with Crippen molar-refractivity contribution >= 4 is 16.7 Å². The molecule has 0 atom stereocenters. The second-order valence-corrected chi connectivity index (χ2v) is 8.54. The Hall–Kier alpha value is -2.86. The Bertz CT molecular complexity index is 1110. The molecule has 0 aromatic heterocycles. The summed E-state index contributed by atoms with van der Waals surface area (Å²) < 4.78 is 0. The van der Waals surface area contributed by atoms with E-state index in [-0.39, 0.29) is 0 Å². The smallest absolute Gasteiger partial charge is 0.000710 e. The van der Waals surface area contributed by atoms with Crippen LogP contribution in [0, 0.1) is 41.5 Å². The molecule has 0 fully saturated rings. The van der Waals surface area contributed by atoms with Crippen molar-refractivity contribution < 1.29 is 0 Å². The first kappa shape index (κ1) is 19.5. The van der Waals surface area contributed by atoms with Gasteiger partial charge in [-0.25, -0.2) is 0 Å². The van der Waals surface area contributed by atoms with Crippen LogP contribution in [0.25, 0.3) is 16.7 Å². The average molecular weight is 379 g/mol. The summed E-state index contributed by atoms with van der Waals surface area (Å²) in [6, 6.07) is 19.9. The SMILES string of the molecule is Cc1cccc(C)c1C1=CC(c2c(C)cccc2C)=C(c2c(C)cccc2C)C1. The highest BCUT2D eigenvalue weighted by Crippen LogP contribution is 2.46. The molecule has 0 unspecified atom stereocenters. The van der Waals surface area contributed by atoms with E-state index in [0.717, 1.165) is 6.42 Å². The van der Waals surface area contributed by atoms with Gasteiger partial charge >= 0.3 is 0 Å². The highest BCUT2D eigenvalue weighted by atomic mass is 14.3. The van der Waals surface area contributed by atoms with Gasteiger partial charge in [-0.3, -0.25) is 0 Å². The quantitative estimate of drug-likeness (QED) is 0.434. The lowest BCUT2D eigenvalue weighted by atomic mass is 9.87. The van der Waals surface area contributed by atoms with Crippen LogP contribution in [0.3, 0.4) is 0 Å². The van der Waals surface area contributed by atoms with Crippen molar-refractivity contribution in [1.82, 2.24) is 0 Å². The highest BCUT2D eigenvalue weighted by molar-refractivity contribution is 6.09. The van der Waals surface area contributed by atoms with Crippen LogP contribution < -0.4 is 0 Å². The molecule has 0 radical (unpaired) electrons. The Morgan fingerprint density at radius 1 is 0.483 bits per heavy atom. The molecule has 3 aromatic carbocycles. The van der Waals surface area contributed by atoms with Crippen LogP contribution in [0.15, 0.2) is 60.7 Å².